The molecule has 1 aliphatic rings. The van der Waals surface area contributed by atoms with Crippen molar-refractivity contribution in [1.82, 2.24) is 9.71 Å². The Morgan fingerprint density at radius 1 is 1.26 bits per heavy atom. The van der Waals surface area contributed by atoms with Crippen molar-refractivity contribution in [2.75, 3.05) is 5.32 Å². The van der Waals surface area contributed by atoms with Gasteiger partial charge in [-0.1, -0.05) is 35.3 Å². The molecular formula is C20H16Cl2N4O3S2. The number of hydrogen-bond acceptors (Lipinski definition) is 6. The van der Waals surface area contributed by atoms with E-state index in [0.29, 0.717) is 27.2 Å². The predicted molar refractivity (Wildman–Crippen MR) is 123 cm³/mol. The fourth-order valence-corrected chi connectivity index (χ4v) is 5.46. The number of amides is 1. The van der Waals surface area contributed by atoms with Crippen LogP contribution in [0.2, 0.25) is 10.0 Å². The molecule has 0 saturated carbocycles. The van der Waals surface area contributed by atoms with Gasteiger partial charge in [0.15, 0.2) is 5.13 Å². The zero-order valence-electron chi connectivity index (χ0n) is 16.1. The molecule has 1 aliphatic heterocycles. The fourth-order valence-electron chi connectivity index (χ4n) is 3.01. The summed E-state index contributed by atoms with van der Waals surface area (Å²) in [5.74, 6) is -0.258. The van der Waals surface area contributed by atoms with Gasteiger partial charge in [0.05, 0.1) is 4.90 Å². The lowest BCUT2D eigenvalue weighted by atomic mass is 10.1. The van der Waals surface area contributed by atoms with Crippen molar-refractivity contribution in [1.29, 1.82) is 0 Å². The standard InChI is InChI=1S/C20H16Cl2N4O3S2/c1-11(24-18-15-4-2-3-5-17(15)31(28,29)26-18)19(27)25-20-23-10-14(30-20)9-12-8-13(21)6-7-16(12)22/h2-8,10-11H,9H2,1H3,(H,24,26)(H,23,25,27)/t11-/m0/s1. The van der Waals surface area contributed by atoms with E-state index >= 15 is 0 Å². The van der Waals surface area contributed by atoms with Crippen LogP contribution in [0.15, 0.2) is 58.5 Å². The summed E-state index contributed by atoms with van der Waals surface area (Å²) in [4.78, 5) is 22.1. The molecule has 0 saturated heterocycles. The monoisotopic (exact) mass is 494 g/mol. The molecule has 160 valence electrons. The van der Waals surface area contributed by atoms with Gasteiger partial charge in [0.1, 0.15) is 11.9 Å². The van der Waals surface area contributed by atoms with Crippen molar-refractivity contribution in [3.05, 3.63) is 74.7 Å². The lowest BCUT2D eigenvalue weighted by Crippen LogP contribution is -2.28. The van der Waals surface area contributed by atoms with Crippen LogP contribution in [0.3, 0.4) is 0 Å². The van der Waals surface area contributed by atoms with Gasteiger partial charge in [-0.25, -0.2) is 13.4 Å². The summed E-state index contributed by atoms with van der Waals surface area (Å²) >= 11 is 13.6. The predicted octanol–water partition coefficient (Wildman–Crippen LogP) is 4.11. The Labute approximate surface area is 193 Å². The number of nitrogens with one attached hydrogen (secondary N) is 2. The zero-order valence-corrected chi connectivity index (χ0v) is 19.2. The molecule has 4 rings (SSSR count). The minimum Gasteiger partial charge on any atom is -0.300 e. The number of thiazole rings is 1. The molecule has 31 heavy (non-hydrogen) atoms. The molecule has 0 fully saturated rings. The lowest BCUT2D eigenvalue weighted by Gasteiger charge is -2.07. The third kappa shape index (κ3) is 4.74. The van der Waals surface area contributed by atoms with Gasteiger partial charge in [-0.2, -0.15) is 0 Å². The van der Waals surface area contributed by atoms with Crippen LogP contribution in [0, 0.1) is 0 Å². The van der Waals surface area contributed by atoms with Crippen molar-refractivity contribution >= 4 is 61.4 Å². The van der Waals surface area contributed by atoms with Crippen LogP contribution < -0.4 is 10.0 Å². The minimum absolute atomic E-state index is 0.144. The first-order valence-electron chi connectivity index (χ1n) is 9.12. The molecule has 0 spiro atoms. The van der Waals surface area contributed by atoms with Crippen molar-refractivity contribution < 1.29 is 13.2 Å². The summed E-state index contributed by atoms with van der Waals surface area (Å²) in [6, 6.07) is 10.9. The Kier molecular flexibility index (Phi) is 6.02. The highest BCUT2D eigenvalue weighted by Gasteiger charge is 2.31. The molecule has 2 aromatic carbocycles. The van der Waals surface area contributed by atoms with E-state index in [1.165, 1.54) is 17.4 Å². The molecule has 11 heteroatoms. The number of aliphatic imine (C=N–C) groups is 1. The SMILES string of the molecule is C[C@H](N=C1NS(=O)(=O)c2ccccc21)C(=O)Nc1ncc(Cc2cc(Cl)ccc2Cl)s1. The fraction of sp³-hybridized carbons (Fsp3) is 0.150. The van der Waals surface area contributed by atoms with Crippen molar-refractivity contribution in [2.24, 2.45) is 4.99 Å². The van der Waals surface area contributed by atoms with Crippen LogP contribution in [0.25, 0.3) is 0 Å². The Balaban J connectivity index is 1.46. The Hall–Kier alpha value is -2.46. The molecule has 7 nitrogen and oxygen atoms in total. The maximum Gasteiger partial charge on any atom is 0.263 e. The van der Waals surface area contributed by atoms with Gasteiger partial charge in [0.2, 0.25) is 0 Å². The lowest BCUT2D eigenvalue weighted by molar-refractivity contribution is -0.117. The van der Waals surface area contributed by atoms with Gasteiger partial charge in [-0.15, -0.1) is 11.3 Å². The molecule has 2 N–H and O–H groups in total. The quantitative estimate of drug-likeness (QED) is 0.557. The molecule has 1 aromatic heterocycles. The number of fused-ring (bicyclic) bond motifs is 1. The highest BCUT2D eigenvalue weighted by atomic mass is 35.5. The first-order valence-corrected chi connectivity index (χ1v) is 12.2. The Bertz CT molecular complexity index is 1310. The number of benzene rings is 2. The maximum absolute atomic E-state index is 12.6. The molecular weight excluding hydrogens is 479 g/mol. The molecule has 0 aliphatic carbocycles. The highest BCUT2D eigenvalue weighted by molar-refractivity contribution is 7.90. The third-order valence-electron chi connectivity index (χ3n) is 4.52. The van der Waals surface area contributed by atoms with Crippen LogP contribution >= 0.6 is 34.5 Å². The number of hydrogen-bond donors (Lipinski definition) is 2. The summed E-state index contributed by atoms with van der Waals surface area (Å²) in [7, 11) is -3.66. The number of carbonyl (C=O) groups excluding carboxylic acids is 1. The maximum atomic E-state index is 12.6. The number of anilines is 1. The summed E-state index contributed by atoms with van der Waals surface area (Å²) in [5.41, 5.74) is 1.31. The Morgan fingerprint density at radius 2 is 2.03 bits per heavy atom. The number of carbonyl (C=O) groups is 1. The number of aromatic nitrogens is 1. The summed E-state index contributed by atoms with van der Waals surface area (Å²) in [5, 5.41) is 4.33. The van der Waals surface area contributed by atoms with Crippen molar-refractivity contribution in [3.63, 3.8) is 0 Å². The third-order valence-corrected chi connectivity index (χ3v) is 7.43. The second-order valence-electron chi connectivity index (χ2n) is 6.79. The van der Waals surface area contributed by atoms with Crippen molar-refractivity contribution in [3.8, 4) is 0 Å². The van der Waals surface area contributed by atoms with Gasteiger partial charge in [0, 0.05) is 33.1 Å². The van der Waals surface area contributed by atoms with E-state index in [1.54, 1.807) is 49.5 Å². The van der Waals surface area contributed by atoms with Gasteiger partial charge in [-0.05, 0) is 42.8 Å². The van der Waals surface area contributed by atoms with E-state index in [2.05, 4.69) is 20.0 Å². The average Bonchev–Trinajstić information content (AvgIpc) is 3.26. The smallest absolute Gasteiger partial charge is 0.263 e. The van der Waals surface area contributed by atoms with Crippen molar-refractivity contribution in [2.45, 2.75) is 24.3 Å². The number of rotatable bonds is 5. The van der Waals surface area contributed by atoms with E-state index in [4.69, 9.17) is 23.2 Å². The summed E-state index contributed by atoms with van der Waals surface area (Å²) in [6.07, 6.45) is 2.19. The van der Waals surface area contributed by atoms with E-state index in [1.807, 2.05) is 0 Å². The topological polar surface area (TPSA) is 101 Å². The van der Waals surface area contributed by atoms with Crippen LogP contribution in [-0.2, 0) is 21.2 Å². The number of amidine groups is 1. The zero-order chi connectivity index (χ0) is 22.2. The summed E-state index contributed by atoms with van der Waals surface area (Å²) < 4.78 is 26.8. The molecule has 3 aromatic rings. The van der Waals surface area contributed by atoms with E-state index in [-0.39, 0.29) is 10.7 Å². The minimum atomic E-state index is -3.66. The summed E-state index contributed by atoms with van der Waals surface area (Å²) in [6.45, 7) is 1.58. The molecule has 0 bridgehead atoms. The first-order chi connectivity index (χ1) is 14.7. The second-order valence-corrected chi connectivity index (χ2v) is 10.4. The van der Waals surface area contributed by atoms with E-state index in [9.17, 15) is 13.2 Å². The molecule has 1 atom stereocenters. The van der Waals surface area contributed by atoms with Gasteiger partial charge in [0.25, 0.3) is 15.9 Å². The molecule has 2 heterocycles. The molecule has 0 unspecified atom stereocenters. The normalized spacial score (nSPS) is 16.5. The van der Waals surface area contributed by atoms with E-state index in [0.717, 1.165) is 10.4 Å². The highest BCUT2D eigenvalue weighted by Crippen LogP contribution is 2.27. The van der Waals surface area contributed by atoms with Crippen LogP contribution in [0.1, 0.15) is 22.9 Å². The number of halogens is 2. The first kappa shape index (κ1) is 21.8. The number of sulfonamides is 1. The van der Waals surface area contributed by atoms with Crippen LogP contribution in [-0.4, -0.2) is 31.2 Å². The number of nitrogens with zero attached hydrogens (tertiary/aromatic N) is 2. The molecule has 1 amide bonds. The van der Waals surface area contributed by atoms with Gasteiger partial charge >= 0.3 is 0 Å². The van der Waals surface area contributed by atoms with E-state index < -0.39 is 22.0 Å². The largest absolute Gasteiger partial charge is 0.300 e. The van der Waals surface area contributed by atoms with Crippen LogP contribution in [0.4, 0.5) is 5.13 Å². The average molecular weight is 495 g/mol. The second kappa shape index (κ2) is 8.58. The molecule has 0 radical (unpaired) electrons. The van der Waals surface area contributed by atoms with Crippen LogP contribution in [0.5, 0.6) is 0 Å². The Morgan fingerprint density at radius 3 is 2.84 bits per heavy atom. The van der Waals surface area contributed by atoms with Gasteiger partial charge in [-0.3, -0.25) is 14.5 Å². The van der Waals surface area contributed by atoms with Gasteiger partial charge < -0.3 is 5.32 Å².